The van der Waals surface area contributed by atoms with Crippen LogP contribution in [0.15, 0.2) is 24.3 Å². The van der Waals surface area contributed by atoms with Crippen LogP contribution in [0.4, 0.5) is 5.69 Å². The third kappa shape index (κ3) is 7.32. The minimum Gasteiger partial charge on any atom is -0.332 e. The Labute approximate surface area is 136 Å². The fourth-order valence-corrected chi connectivity index (χ4v) is 1.86. The van der Waals surface area contributed by atoms with Crippen molar-refractivity contribution >= 4 is 41.5 Å². The van der Waals surface area contributed by atoms with E-state index in [1.54, 1.807) is 36.2 Å². The molecular formula is C14H21Cl2N3O2. The van der Waals surface area contributed by atoms with Crippen LogP contribution in [0.1, 0.15) is 13.3 Å². The first kappa shape index (κ1) is 19.7. The molecule has 0 aliphatic carbocycles. The number of halogens is 2. The fourth-order valence-electron chi connectivity index (χ4n) is 1.73. The molecule has 1 aromatic carbocycles. The largest absolute Gasteiger partial charge is 0.332 e. The highest BCUT2D eigenvalue weighted by molar-refractivity contribution is 6.30. The number of nitrogens with one attached hydrogen (secondary N) is 2. The van der Waals surface area contributed by atoms with Crippen LogP contribution in [0.5, 0.6) is 0 Å². The zero-order chi connectivity index (χ0) is 15.0. The molecule has 0 heterocycles. The van der Waals surface area contributed by atoms with Gasteiger partial charge in [-0.05, 0) is 37.7 Å². The number of likely N-dealkylation sites (N-methyl/N-ethyl adjacent to an activating group) is 1. The van der Waals surface area contributed by atoms with Crippen LogP contribution in [0.2, 0.25) is 5.02 Å². The van der Waals surface area contributed by atoms with E-state index < -0.39 is 0 Å². The lowest BCUT2D eigenvalue weighted by atomic mass is 10.3. The van der Waals surface area contributed by atoms with Crippen molar-refractivity contribution < 1.29 is 9.59 Å². The second-order valence-electron chi connectivity index (χ2n) is 4.40. The predicted octanol–water partition coefficient (Wildman–Crippen LogP) is 2.16. The number of amides is 2. The number of benzene rings is 1. The van der Waals surface area contributed by atoms with Crippen molar-refractivity contribution in [3.05, 3.63) is 29.3 Å². The van der Waals surface area contributed by atoms with Gasteiger partial charge in [0, 0.05) is 17.3 Å². The molecule has 5 nitrogen and oxygen atoms in total. The number of carbonyl (C=O) groups excluding carboxylic acids is 2. The van der Waals surface area contributed by atoms with Crippen molar-refractivity contribution in [2.24, 2.45) is 0 Å². The second kappa shape index (κ2) is 10.4. The molecule has 2 amide bonds. The number of hydrogen-bond acceptors (Lipinski definition) is 3. The number of nitrogens with zero attached hydrogens (tertiary/aromatic N) is 1. The minimum atomic E-state index is -0.217. The minimum absolute atomic E-state index is 0. The summed E-state index contributed by atoms with van der Waals surface area (Å²) in [5.74, 6) is -0.300. The number of anilines is 1. The molecule has 2 N–H and O–H groups in total. The van der Waals surface area contributed by atoms with Crippen LogP contribution in [0, 0.1) is 0 Å². The molecule has 1 rings (SSSR count). The Balaban J connectivity index is 0.00000400. The maximum absolute atomic E-state index is 11.9. The van der Waals surface area contributed by atoms with Crippen molar-refractivity contribution in [2.45, 2.75) is 13.3 Å². The van der Waals surface area contributed by atoms with Crippen LogP contribution in [0.25, 0.3) is 0 Å². The van der Waals surface area contributed by atoms with Gasteiger partial charge in [0.15, 0.2) is 0 Å². The third-order valence-electron chi connectivity index (χ3n) is 2.64. The number of rotatable bonds is 7. The van der Waals surface area contributed by atoms with E-state index in [2.05, 4.69) is 10.6 Å². The summed E-state index contributed by atoms with van der Waals surface area (Å²) in [4.78, 5) is 25.3. The van der Waals surface area contributed by atoms with Gasteiger partial charge >= 0.3 is 0 Å². The molecule has 0 radical (unpaired) electrons. The Morgan fingerprint density at radius 1 is 1.24 bits per heavy atom. The van der Waals surface area contributed by atoms with Crippen molar-refractivity contribution in [2.75, 3.05) is 32.0 Å². The van der Waals surface area contributed by atoms with Crippen LogP contribution >= 0.6 is 24.0 Å². The van der Waals surface area contributed by atoms with E-state index in [0.29, 0.717) is 17.3 Å². The van der Waals surface area contributed by atoms with Gasteiger partial charge in [-0.1, -0.05) is 18.5 Å². The highest BCUT2D eigenvalue weighted by Gasteiger charge is 2.15. The van der Waals surface area contributed by atoms with E-state index >= 15 is 0 Å². The average molecular weight is 334 g/mol. The molecule has 0 unspecified atom stereocenters. The molecule has 1 aromatic rings. The summed E-state index contributed by atoms with van der Waals surface area (Å²) in [6.45, 7) is 2.82. The summed E-state index contributed by atoms with van der Waals surface area (Å²) < 4.78 is 0. The molecule has 0 atom stereocenters. The third-order valence-corrected chi connectivity index (χ3v) is 2.89. The van der Waals surface area contributed by atoms with Gasteiger partial charge in [0.2, 0.25) is 11.8 Å². The van der Waals surface area contributed by atoms with Gasteiger partial charge in [0.1, 0.15) is 0 Å². The van der Waals surface area contributed by atoms with Crippen molar-refractivity contribution in [3.8, 4) is 0 Å². The van der Waals surface area contributed by atoms with E-state index in [-0.39, 0.29) is 37.3 Å². The lowest BCUT2D eigenvalue weighted by Gasteiger charge is -2.21. The number of hydrogen-bond donors (Lipinski definition) is 2. The lowest BCUT2D eigenvalue weighted by Crippen LogP contribution is -2.42. The van der Waals surface area contributed by atoms with Crippen LogP contribution in [-0.2, 0) is 9.59 Å². The molecule has 0 saturated heterocycles. The summed E-state index contributed by atoms with van der Waals surface area (Å²) in [6.07, 6.45) is 0.809. The fraction of sp³-hybridized carbons (Fsp3) is 0.429. The topological polar surface area (TPSA) is 61.4 Å². The molecule has 21 heavy (non-hydrogen) atoms. The summed E-state index contributed by atoms with van der Waals surface area (Å²) in [6, 6.07) is 6.85. The molecule has 0 aliphatic heterocycles. The average Bonchev–Trinajstić information content (AvgIpc) is 2.41. The molecule has 118 valence electrons. The van der Waals surface area contributed by atoms with Crippen LogP contribution in [0.3, 0.4) is 0 Å². The smallest absolute Gasteiger partial charge is 0.243 e. The normalized spacial score (nSPS) is 9.67. The van der Waals surface area contributed by atoms with Crippen LogP contribution < -0.4 is 10.6 Å². The molecule has 0 aromatic heterocycles. The van der Waals surface area contributed by atoms with Gasteiger partial charge in [0.05, 0.1) is 13.1 Å². The van der Waals surface area contributed by atoms with Gasteiger partial charge in [0.25, 0.3) is 0 Å². The summed E-state index contributed by atoms with van der Waals surface area (Å²) >= 11 is 5.78. The standard InChI is InChI=1S/C14H20ClN3O2.ClH/c1-3-8-18(14(20)9-16-2)10-13(19)17-12-6-4-11(15)5-7-12;/h4-7,16H,3,8-10H2,1-2H3,(H,17,19);1H. The van der Waals surface area contributed by atoms with E-state index in [1.165, 1.54) is 0 Å². The Hall–Kier alpha value is -1.30. The van der Waals surface area contributed by atoms with Gasteiger partial charge in [-0.25, -0.2) is 0 Å². The second-order valence-corrected chi connectivity index (χ2v) is 4.84. The molecule has 0 aliphatic rings. The van der Waals surface area contributed by atoms with E-state index in [0.717, 1.165) is 6.42 Å². The SMILES string of the molecule is CCCN(CC(=O)Nc1ccc(Cl)cc1)C(=O)CNC.Cl. The molecule has 0 fully saturated rings. The van der Waals surface area contributed by atoms with Crippen molar-refractivity contribution in [1.82, 2.24) is 10.2 Å². The van der Waals surface area contributed by atoms with Gasteiger partial charge in [-0.15, -0.1) is 12.4 Å². The molecule has 0 bridgehead atoms. The molecule has 0 saturated carbocycles. The lowest BCUT2D eigenvalue weighted by molar-refractivity contribution is -0.133. The predicted molar refractivity (Wildman–Crippen MR) is 88.1 cm³/mol. The quantitative estimate of drug-likeness (QED) is 0.803. The van der Waals surface area contributed by atoms with Crippen molar-refractivity contribution in [3.63, 3.8) is 0 Å². The Morgan fingerprint density at radius 2 is 1.86 bits per heavy atom. The Bertz CT molecular complexity index is 452. The zero-order valence-corrected chi connectivity index (χ0v) is 13.8. The zero-order valence-electron chi connectivity index (χ0n) is 12.2. The van der Waals surface area contributed by atoms with Gasteiger partial charge in [-0.2, -0.15) is 0 Å². The maximum Gasteiger partial charge on any atom is 0.243 e. The monoisotopic (exact) mass is 333 g/mol. The molecular weight excluding hydrogens is 313 g/mol. The van der Waals surface area contributed by atoms with Crippen molar-refractivity contribution in [1.29, 1.82) is 0 Å². The van der Waals surface area contributed by atoms with Gasteiger partial charge < -0.3 is 15.5 Å². The first-order chi connectivity index (χ1) is 9.56. The molecule has 0 spiro atoms. The highest BCUT2D eigenvalue weighted by atomic mass is 35.5. The first-order valence-corrected chi connectivity index (χ1v) is 6.92. The summed E-state index contributed by atoms with van der Waals surface area (Å²) in [5, 5.41) is 6.15. The van der Waals surface area contributed by atoms with E-state index in [4.69, 9.17) is 11.6 Å². The highest BCUT2D eigenvalue weighted by Crippen LogP contribution is 2.13. The summed E-state index contributed by atoms with van der Waals surface area (Å²) in [7, 11) is 1.70. The Kier molecular flexibility index (Phi) is 9.78. The first-order valence-electron chi connectivity index (χ1n) is 6.54. The van der Waals surface area contributed by atoms with E-state index in [9.17, 15) is 9.59 Å². The Morgan fingerprint density at radius 3 is 2.38 bits per heavy atom. The van der Waals surface area contributed by atoms with Gasteiger partial charge in [-0.3, -0.25) is 9.59 Å². The van der Waals surface area contributed by atoms with E-state index in [1.807, 2.05) is 6.92 Å². The number of carbonyl (C=O) groups is 2. The van der Waals surface area contributed by atoms with Crippen LogP contribution in [-0.4, -0.2) is 43.4 Å². The molecule has 7 heteroatoms. The maximum atomic E-state index is 11.9. The summed E-state index contributed by atoms with van der Waals surface area (Å²) in [5.41, 5.74) is 0.664.